The summed E-state index contributed by atoms with van der Waals surface area (Å²) in [6.07, 6.45) is 6.80. The molecule has 0 bridgehead atoms. The summed E-state index contributed by atoms with van der Waals surface area (Å²) in [7, 11) is 0. The van der Waals surface area contributed by atoms with Crippen LogP contribution in [-0.2, 0) is 18.9 Å². The molecule has 3 unspecified atom stereocenters. The monoisotopic (exact) mass is 244 g/mol. The maximum absolute atomic E-state index is 5.23. The molecule has 4 nitrogen and oxygen atoms in total. The zero-order valence-electron chi connectivity index (χ0n) is 10.7. The molecule has 0 radical (unpaired) electrons. The van der Waals surface area contributed by atoms with Gasteiger partial charge in [-0.3, -0.25) is 0 Å². The van der Waals surface area contributed by atoms with Gasteiger partial charge in [-0.1, -0.05) is 26.2 Å². The lowest BCUT2D eigenvalue weighted by Crippen LogP contribution is -2.06. The number of hydrogen-bond donors (Lipinski definition) is 0. The molecule has 3 saturated heterocycles. The lowest BCUT2D eigenvalue weighted by Gasteiger charge is -1.95. The van der Waals surface area contributed by atoms with Gasteiger partial charge in [-0.05, 0) is 6.42 Å². The molecule has 3 aliphatic heterocycles. The molecule has 3 fully saturated rings. The van der Waals surface area contributed by atoms with Crippen LogP contribution in [0.15, 0.2) is 0 Å². The molecule has 4 heteroatoms. The van der Waals surface area contributed by atoms with Crippen LogP contribution < -0.4 is 0 Å². The fourth-order valence-corrected chi connectivity index (χ4v) is 1.52. The van der Waals surface area contributed by atoms with Gasteiger partial charge in [0.25, 0.3) is 0 Å². The van der Waals surface area contributed by atoms with Crippen molar-refractivity contribution in [3.8, 4) is 0 Å². The van der Waals surface area contributed by atoms with Crippen LogP contribution in [0.2, 0.25) is 0 Å². The van der Waals surface area contributed by atoms with E-state index in [1.807, 2.05) is 0 Å². The fraction of sp³-hybridized carbons (Fsp3) is 1.00. The maximum Gasteiger partial charge on any atom is 0.104 e. The van der Waals surface area contributed by atoms with Crippen molar-refractivity contribution < 1.29 is 18.9 Å². The molecule has 0 N–H and O–H groups in total. The molecule has 0 amide bonds. The highest BCUT2D eigenvalue weighted by molar-refractivity contribution is 4.71. The molecule has 100 valence electrons. The number of ether oxygens (including phenoxy) is 4. The molecule has 0 spiro atoms. The second-order valence-corrected chi connectivity index (χ2v) is 4.90. The third kappa shape index (κ3) is 7.71. The first-order chi connectivity index (χ1) is 8.38. The van der Waals surface area contributed by atoms with E-state index >= 15 is 0 Å². The lowest BCUT2D eigenvalue weighted by atomic mass is 10.2. The molecule has 3 atom stereocenters. The summed E-state index contributed by atoms with van der Waals surface area (Å²) in [6, 6.07) is 0. The Hall–Kier alpha value is -0.160. The predicted octanol–water partition coefficient (Wildman–Crippen LogP) is 1.77. The van der Waals surface area contributed by atoms with E-state index < -0.39 is 0 Å². The van der Waals surface area contributed by atoms with Crippen LogP contribution in [0.1, 0.15) is 32.6 Å². The molecule has 0 aromatic rings. The normalized spacial score (nSPS) is 32.6. The van der Waals surface area contributed by atoms with E-state index in [9.17, 15) is 0 Å². The van der Waals surface area contributed by atoms with Gasteiger partial charge in [-0.25, -0.2) is 0 Å². The molecule has 17 heavy (non-hydrogen) atoms. The SMILES string of the molecule is C(OCC1CO1)C1CO1.CCCCCC1CO1. The Balaban J connectivity index is 0.000000128. The molecular formula is C13H24O4. The van der Waals surface area contributed by atoms with Gasteiger partial charge in [0.2, 0.25) is 0 Å². The third-order valence-electron chi connectivity index (χ3n) is 2.94. The summed E-state index contributed by atoms with van der Waals surface area (Å²) in [5.74, 6) is 0. The molecule has 3 heterocycles. The van der Waals surface area contributed by atoms with Crippen LogP contribution in [0, 0.1) is 0 Å². The van der Waals surface area contributed by atoms with Gasteiger partial charge in [0, 0.05) is 0 Å². The Morgan fingerprint density at radius 3 is 1.82 bits per heavy atom. The quantitative estimate of drug-likeness (QED) is 0.482. The largest absolute Gasteiger partial charge is 0.376 e. The van der Waals surface area contributed by atoms with Crippen molar-refractivity contribution >= 4 is 0 Å². The summed E-state index contributed by atoms with van der Waals surface area (Å²) in [6.45, 7) is 6.52. The third-order valence-corrected chi connectivity index (χ3v) is 2.94. The molecular weight excluding hydrogens is 220 g/mol. The van der Waals surface area contributed by atoms with Crippen molar-refractivity contribution in [2.45, 2.75) is 50.9 Å². The number of hydrogen-bond acceptors (Lipinski definition) is 4. The molecule has 0 aliphatic carbocycles. The van der Waals surface area contributed by atoms with E-state index in [1.165, 1.54) is 25.7 Å². The van der Waals surface area contributed by atoms with Gasteiger partial charge >= 0.3 is 0 Å². The Kier molecular flexibility index (Phi) is 5.71. The average Bonchev–Trinajstić information content (AvgIpc) is 3.10. The van der Waals surface area contributed by atoms with Gasteiger partial charge in [-0.2, -0.15) is 0 Å². The van der Waals surface area contributed by atoms with Gasteiger partial charge in [0.1, 0.15) is 12.2 Å². The highest BCUT2D eigenvalue weighted by atomic mass is 16.6. The second kappa shape index (κ2) is 7.31. The maximum atomic E-state index is 5.23. The summed E-state index contributed by atoms with van der Waals surface area (Å²) in [4.78, 5) is 0. The minimum atomic E-state index is 0.392. The van der Waals surface area contributed by atoms with Crippen molar-refractivity contribution in [3.63, 3.8) is 0 Å². The minimum absolute atomic E-state index is 0.392. The lowest BCUT2D eigenvalue weighted by molar-refractivity contribution is 0.102. The van der Waals surface area contributed by atoms with Crippen LogP contribution in [0.25, 0.3) is 0 Å². The van der Waals surface area contributed by atoms with Crippen LogP contribution in [0.5, 0.6) is 0 Å². The fourth-order valence-electron chi connectivity index (χ4n) is 1.52. The zero-order valence-corrected chi connectivity index (χ0v) is 10.7. The van der Waals surface area contributed by atoms with Gasteiger partial charge in [0.05, 0.1) is 39.1 Å². The number of epoxide rings is 3. The van der Waals surface area contributed by atoms with E-state index in [4.69, 9.17) is 18.9 Å². The summed E-state index contributed by atoms with van der Waals surface area (Å²) in [5.41, 5.74) is 0. The van der Waals surface area contributed by atoms with Crippen LogP contribution in [0.4, 0.5) is 0 Å². The second-order valence-electron chi connectivity index (χ2n) is 4.90. The predicted molar refractivity (Wildman–Crippen MR) is 64.2 cm³/mol. The summed E-state index contributed by atoms with van der Waals surface area (Å²) < 4.78 is 20.2. The van der Waals surface area contributed by atoms with Crippen molar-refractivity contribution in [2.24, 2.45) is 0 Å². The number of rotatable bonds is 8. The standard InChI is InChI=1S/C7H14O.C6H10O3/c1-2-3-4-5-7-6-8-7;1(5-3-8-5)7-2-6-4-9-6/h7H,2-6H2,1H3;5-6H,1-4H2. The van der Waals surface area contributed by atoms with E-state index in [0.29, 0.717) is 18.3 Å². The van der Waals surface area contributed by atoms with Crippen molar-refractivity contribution in [1.82, 2.24) is 0 Å². The van der Waals surface area contributed by atoms with Gasteiger partial charge in [-0.15, -0.1) is 0 Å². The smallest absolute Gasteiger partial charge is 0.104 e. The highest BCUT2D eigenvalue weighted by Crippen LogP contribution is 2.16. The molecule has 0 aromatic heterocycles. The Labute approximate surface area is 104 Å². The zero-order chi connectivity index (χ0) is 11.9. The van der Waals surface area contributed by atoms with Crippen molar-refractivity contribution in [3.05, 3.63) is 0 Å². The Morgan fingerprint density at radius 1 is 0.882 bits per heavy atom. The summed E-state index contributed by atoms with van der Waals surface area (Å²) in [5, 5.41) is 0. The van der Waals surface area contributed by atoms with Crippen molar-refractivity contribution in [1.29, 1.82) is 0 Å². The van der Waals surface area contributed by atoms with Crippen molar-refractivity contribution in [2.75, 3.05) is 33.0 Å². The molecule has 0 aromatic carbocycles. The number of unbranched alkanes of at least 4 members (excludes halogenated alkanes) is 2. The average molecular weight is 244 g/mol. The van der Waals surface area contributed by atoms with E-state index in [2.05, 4.69) is 6.92 Å². The van der Waals surface area contributed by atoms with E-state index in [-0.39, 0.29) is 0 Å². The van der Waals surface area contributed by atoms with E-state index in [0.717, 1.165) is 33.0 Å². The first kappa shape index (κ1) is 13.3. The van der Waals surface area contributed by atoms with Crippen LogP contribution in [-0.4, -0.2) is 51.3 Å². The van der Waals surface area contributed by atoms with Gasteiger partial charge < -0.3 is 18.9 Å². The first-order valence-electron chi connectivity index (χ1n) is 6.81. The topological polar surface area (TPSA) is 46.8 Å². The summed E-state index contributed by atoms with van der Waals surface area (Å²) >= 11 is 0. The van der Waals surface area contributed by atoms with E-state index in [1.54, 1.807) is 0 Å². The Morgan fingerprint density at radius 2 is 1.41 bits per heavy atom. The van der Waals surface area contributed by atoms with Crippen LogP contribution in [0.3, 0.4) is 0 Å². The highest BCUT2D eigenvalue weighted by Gasteiger charge is 2.26. The molecule has 3 rings (SSSR count). The van der Waals surface area contributed by atoms with Gasteiger partial charge in [0.15, 0.2) is 0 Å². The molecule has 3 aliphatic rings. The van der Waals surface area contributed by atoms with Crippen LogP contribution >= 0.6 is 0 Å². The Bertz CT molecular complexity index is 186. The minimum Gasteiger partial charge on any atom is -0.376 e. The molecule has 0 saturated carbocycles. The first-order valence-corrected chi connectivity index (χ1v) is 6.81.